The molecular weight excluding hydrogens is 301 g/mol. The number of piperazine rings is 1. The molecular formula is C17H21ClFN3. The normalized spacial score (nSPS) is 18.7. The third-order valence-electron chi connectivity index (χ3n) is 4.06. The monoisotopic (exact) mass is 321 g/mol. The van der Waals surface area contributed by atoms with Crippen LogP contribution in [0.1, 0.15) is 22.9 Å². The summed E-state index contributed by atoms with van der Waals surface area (Å²) in [5.74, 6) is -0.174. The fraction of sp³-hybridized carbons (Fsp3) is 0.353. The van der Waals surface area contributed by atoms with Gasteiger partial charge in [-0.15, -0.1) is 12.4 Å². The highest BCUT2D eigenvalue weighted by Crippen LogP contribution is 2.24. The van der Waals surface area contributed by atoms with Crippen molar-refractivity contribution in [3.8, 4) is 0 Å². The van der Waals surface area contributed by atoms with Crippen molar-refractivity contribution in [1.29, 1.82) is 0 Å². The van der Waals surface area contributed by atoms with Crippen LogP contribution in [0, 0.1) is 12.7 Å². The molecule has 3 nitrogen and oxygen atoms in total. The van der Waals surface area contributed by atoms with Crippen LogP contribution >= 0.6 is 12.4 Å². The van der Waals surface area contributed by atoms with E-state index in [0.717, 1.165) is 37.4 Å². The summed E-state index contributed by atoms with van der Waals surface area (Å²) in [5, 5.41) is 3.40. The highest BCUT2D eigenvalue weighted by atomic mass is 35.5. The molecule has 1 atom stereocenters. The summed E-state index contributed by atoms with van der Waals surface area (Å²) in [6, 6.07) is 11.1. The van der Waals surface area contributed by atoms with Gasteiger partial charge in [-0.1, -0.05) is 18.2 Å². The van der Waals surface area contributed by atoms with Crippen LogP contribution in [0.15, 0.2) is 42.6 Å². The second-order valence-electron chi connectivity index (χ2n) is 5.51. The van der Waals surface area contributed by atoms with E-state index in [1.54, 1.807) is 12.1 Å². The number of aromatic nitrogens is 1. The Morgan fingerprint density at radius 2 is 2.18 bits per heavy atom. The summed E-state index contributed by atoms with van der Waals surface area (Å²) in [7, 11) is 0. The van der Waals surface area contributed by atoms with Crippen LogP contribution in [-0.2, 0) is 6.54 Å². The molecule has 5 heteroatoms. The van der Waals surface area contributed by atoms with E-state index >= 15 is 0 Å². The molecule has 1 aliphatic heterocycles. The van der Waals surface area contributed by atoms with E-state index in [0.29, 0.717) is 0 Å². The zero-order chi connectivity index (χ0) is 14.7. The minimum absolute atomic E-state index is 0. The quantitative estimate of drug-likeness (QED) is 0.941. The lowest BCUT2D eigenvalue weighted by atomic mass is 10.0. The van der Waals surface area contributed by atoms with Crippen LogP contribution in [0.5, 0.6) is 0 Å². The second kappa shape index (κ2) is 7.68. The summed E-state index contributed by atoms with van der Waals surface area (Å²) in [5.41, 5.74) is 3.32. The maximum Gasteiger partial charge on any atom is 0.123 e. The van der Waals surface area contributed by atoms with Crippen molar-refractivity contribution in [2.75, 3.05) is 19.6 Å². The minimum atomic E-state index is -0.174. The molecule has 0 aliphatic carbocycles. The van der Waals surface area contributed by atoms with Gasteiger partial charge in [0.2, 0.25) is 0 Å². The largest absolute Gasteiger partial charge is 0.314 e. The van der Waals surface area contributed by atoms with E-state index < -0.39 is 0 Å². The van der Waals surface area contributed by atoms with Crippen LogP contribution in [-0.4, -0.2) is 29.5 Å². The average Bonchev–Trinajstić information content (AvgIpc) is 2.50. The molecule has 2 heterocycles. The number of halogens is 2. The number of nitrogens with zero attached hydrogens (tertiary/aromatic N) is 2. The van der Waals surface area contributed by atoms with Gasteiger partial charge in [0.25, 0.3) is 0 Å². The van der Waals surface area contributed by atoms with Crippen LogP contribution in [0.25, 0.3) is 0 Å². The van der Waals surface area contributed by atoms with E-state index in [9.17, 15) is 4.39 Å². The first-order valence-corrected chi connectivity index (χ1v) is 7.35. The van der Waals surface area contributed by atoms with Gasteiger partial charge in [0, 0.05) is 38.4 Å². The van der Waals surface area contributed by atoms with Crippen molar-refractivity contribution < 1.29 is 4.39 Å². The fourth-order valence-electron chi connectivity index (χ4n) is 2.85. The summed E-state index contributed by atoms with van der Waals surface area (Å²) in [6.07, 6.45) is 1.84. The smallest absolute Gasteiger partial charge is 0.123 e. The Kier molecular flexibility index (Phi) is 5.89. The highest BCUT2D eigenvalue weighted by molar-refractivity contribution is 5.85. The van der Waals surface area contributed by atoms with Crippen LogP contribution in [0.4, 0.5) is 4.39 Å². The average molecular weight is 322 g/mol. The van der Waals surface area contributed by atoms with Gasteiger partial charge in [0.1, 0.15) is 5.82 Å². The lowest BCUT2D eigenvalue weighted by Gasteiger charge is -2.36. The predicted molar refractivity (Wildman–Crippen MR) is 88.6 cm³/mol. The summed E-state index contributed by atoms with van der Waals surface area (Å²) in [4.78, 5) is 6.86. The molecule has 22 heavy (non-hydrogen) atoms. The molecule has 1 aromatic carbocycles. The molecule has 0 radical (unpaired) electrons. The van der Waals surface area contributed by atoms with Gasteiger partial charge in [0.05, 0.1) is 5.69 Å². The van der Waals surface area contributed by atoms with Gasteiger partial charge in [-0.25, -0.2) is 4.39 Å². The molecule has 0 spiro atoms. The number of hydrogen-bond donors (Lipinski definition) is 1. The van der Waals surface area contributed by atoms with E-state index in [1.807, 2.05) is 18.3 Å². The number of pyridine rings is 1. The molecule has 3 rings (SSSR count). The molecule has 1 unspecified atom stereocenters. The third kappa shape index (κ3) is 3.83. The lowest BCUT2D eigenvalue weighted by Crippen LogP contribution is -2.45. The van der Waals surface area contributed by atoms with Crippen molar-refractivity contribution >= 4 is 12.4 Å². The lowest BCUT2D eigenvalue weighted by molar-refractivity contribution is 0.151. The Bertz CT molecular complexity index is 620. The molecule has 0 saturated carbocycles. The number of rotatable bonds is 3. The van der Waals surface area contributed by atoms with Crippen molar-refractivity contribution in [3.63, 3.8) is 0 Å². The molecule has 1 aliphatic rings. The molecule has 1 fully saturated rings. The van der Waals surface area contributed by atoms with Gasteiger partial charge in [-0.05, 0) is 36.2 Å². The first kappa shape index (κ1) is 16.9. The molecule has 0 amide bonds. The van der Waals surface area contributed by atoms with Gasteiger partial charge >= 0.3 is 0 Å². The van der Waals surface area contributed by atoms with E-state index in [4.69, 9.17) is 0 Å². The fourth-order valence-corrected chi connectivity index (χ4v) is 2.85. The zero-order valence-electron chi connectivity index (χ0n) is 12.6. The number of benzene rings is 1. The van der Waals surface area contributed by atoms with Crippen molar-refractivity contribution in [2.24, 2.45) is 0 Å². The zero-order valence-corrected chi connectivity index (χ0v) is 13.4. The number of aryl methyl sites for hydroxylation is 1. The van der Waals surface area contributed by atoms with Crippen LogP contribution < -0.4 is 5.32 Å². The summed E-state index contributed by atoms with van der Waals surface area (Å²) < 4.78 is 13.5. The van der Waals surface area contributed by atoms with Crippen LogP contribution in [0.2, 0.25) is 0 Å². The molecule has 118 valence electrons. The minimum Gasteiger partial charge on any atom is -0.314 e. The Hall–Kier alpha value is -1.49. The van der Waals surface area contributed by atoms with Gasteiger partial charge < -0.3 is 5.32 Å². The first-order chi connectivity index (χ1) is 10.2. The Balaban J connectivity index is 0.00000176. The maximum absolute atomic E-state index is 13.5. The summed E-state index contributed by atoms with van der Waals surface area (Å²) >= 11 is 0. The molecule has 0 bridgehead atoms. The van der Waals surface area contributed by atoms with Crippen LogP contribution in [0.3, 0.4) is 0 Å². The Morgan fingerprint density at radius 3 is 2.95 bits per heavy atom. The standard InChI is InChI=1S/C17H20FN3.ClH/c1-13-4-3-7-20-16(13)12-21-9-8-19-11-17(21)14-5-2-6-15(18)10-14;/h2-7,10,17,19H,8-9,11-12H2,1H3;1H. The van der Waals surface area contributed by atoms with E-state index in [1.165, 1.54) is 11.6 Å². The van der Waals surface area contributed by atoms with Crippen molar-refractivity contribution in [3.05, 3.63) is 65.2 Å². The van der Waals surface area contributed by atoms with Crippen molar-refractivity contribution in [2.45, 2.75) is 19.5 Å². The first-order valence-electron chi connectivity index (χ1n) is 7.35. The Labute approximate surface area is 137 Å². The Morgan fingerprint density at radius 1 is 1.32 bits per heavy atom. The summed E-state index contributed by atoms with van der Waals surface area (Å²) in [6.45, 7) is 5.63. The SMILES string of the molecule is Cc1cccnc1CN1CCNCC1c1cccc(F)c1.Cl. The number of nitrogens with one attached hydrogen (secondary N) is 1. The van der Waals surface area contributed by atoms with Gasteiger partial charge in [-0.2, -0.15) is 0 Å². The highest BCUT2D eigenvalue weighted by Gasteiger charge is 2.24. The second-order valence-corrected chi connectivity index (χ2v) is 5.51. The third-order valence-corrected chi connectivity index (χ3v) is 4.06. The van der Waals surface area contributed by atoms with E-state index in [-0.39, 0.29) is 24.3 Å². The molecule has 2 aromatic rings. The molecule has 1 N–H and O–H groups in total. The van der Waals surface area contributed by atoms with E-state index in [2.05, 4.69) is 28.2 Å². The van der Waals surface area contributed by atoms with Gasteiger partial charge in [0.15, 0.2) is 0 Å². The number of hydrogen-bond acceptors (Lipinski definition) is 3. The predicted octanol–water partition coefficient (Wildman–Crippen LogP) is 3.10. The topological polar surface area (TPSA) is 28.2 Å². The van der Waals surface area contributed by atoms with Crippen molar-refractivity contribution in [1.82, 2.24) is 15.2 Å². The maximum atomic E-state index is 13.5. The van der Waals surface area contributed by atoms with Gasteiger partial charge in [-0.3, -0.25) is 9.88 Å². The molecule has 1 aromatic heterocycles. The molecule has 1 saturated heterocycles.